The summed E-state index contributed by atoms with van der Waals surface area (Å²) in [5.74, 6) is 0.170. The summed E-state index contributed by atoms with van der Waals surface area (Å²) >= 11 is 0. The molecule has 0 aliphatic heterocycles. The topological polar surface area (TPSA) is 88.0 Å². The van der Waals surface area contributed by atoms with Crippen molar-refractivity contribution in [3.05, 3.63) is 76.6 Å². The van der Waals surface area contributed by atoms with Crippen LogP contribution in [0.4, 0.5) is 0 Å². The van der Waals surface area contributed by atoms with Crippen LogP contribution in [0.2, 0.25) is 0 Å². The van der Waals surface area contributed by atoms with Crippen LogP contribution in [0.5, 0.6) is 5.75 Å². The molecule has 0 unspecified atom stereocenters. The standard InChI is InChI=1S/C25H23N3O3/c1-4-22-21(15-27)23(24(28(22)3)25(29)30-5-2)17-10-12-20(13-11-17)31-16-19-9-7-6-8-18(19)14-26/h6-13H,4-5,16H2,1-3H3. The number of carbonyl (C=O) groups is 1. The van der Waals surface area contributed by atoms with Crippen LogP contribution in [0, 0.1) is 22.7 Å². The van der Waals surface area contributed by atoms with Crippen molar-refractivity contribution < 1.29 is 14.3 Å². The van der Waals surface area contributed by atoms with E-state index in [1.807, 2.05) is 37.3 Å². The van der Waals surface area contributed by atoms with Crippen molar-refractivity contribution in [1.82, 2.24) is 4.57 Å². The predicted octanol–water partition coefficient (Wildman–Crippen LogP) is 4.75. The van der Waals surface area contributed by atoms with Crippen LogP contribution in [0.15, 0.2) is 48.5 Å². The van der Waals surface area contributed by atoms with Crippen LogP contribution < -0.4 is 4.74 Å². The molecule has 6 heteroatoms. The molecule has 3 aromatic rings. The van der Waals surface area contributed by atoms with E-state index >= 15 is 0 Å². The van der Waals surface area contributed by atoms with E-state index in [9.17, 15) is 15.3 Å². The molecule has 1 heterocycles. The summed E-state index contributed by atoms with van der Waals surface area (Å²) in [4.78, 5) is 12.6. The van der Waals surface area contributed by atoms with Crippen molar-refractivity contribution in [3.63, 3.8) is 0 Å². The van der Waals surface area contributed by atoms with Gasteiger partial charge in [0.1, 0.15) is 24.1 Å². The molecule has 0 N–H and O–H groups in total. The number of esters is 1. The molecule has 0 spiro atoms. The maximum atomic E-state index is 12.6. The number of ether oxygens (including phenoxy) is 2. The molecule has 0 amide bonds. The molecule has 1 aromatic heterocycles. The first kappa shape index (κ1) is 21.7. The highest BCUT2D eigenvalue weighted by Crippen LogP contribution is 2.34. The Hall–Kier alpha value is -4.03. The van der Waals surface area contributed by atoms with Gasteiger partial charge in [0.05, 0.1) is 23.8 Å². The van der Waals surface area contributed by atoms with Crippen LogP contribution in [0.1, 0.15) is 46.7 Å². The second kappa shape index (κ2) is 9.65. The summed E-state index contributed by atoms with van der Waals surface area (Å²) in [6, 6.07) is 18.9. The van der Waals surface area contributed by atoms with Gasteiger partial charge >= 0.3 is 5.97 Å². The first-order chi connectivity index (χ1) is 15.0. The zero-order valence-electron chi connectivity index (χ0n) is 17.8. The van der Waals surface area contributed by atoms with Gasteiger partial charge < -0.3 is 14.0 Å². The SMILES string of the molecule is CCOC(=O)c1c(-c2ccc(OCc3ccccc3C#N)cc2)c(C#N)c(CC)n1C. The normalized spacial score (nSPS) is 10.2. The van der Waals surface area contributed by atoms with Crippen molar-refractivity contribution in [3.8, 4) is 29.0 Å². The Morgan fingerprint density at radius 3 is 2.35 bits per heavy atom. The van der Waals surface area contributed by atoms with Crippen LogP contribution in [0.25, 0.3) is 11.1 Å². The summed E-state index contributed by atoms with van der Waals surface area (Å²) < 4.78 is 12.8. The smallest absolute Gasteiger partial charge is 0.355 e. The third-order valence-electron chi connectivity index (χ3n) is 5.11. The van der Waals surface area contributed by atoms with Crippen molar-refractivity contribution in [1.29, 1.82) is 10.5 Å². The lowest BCUT2D eigenvalue weighted by molar-refractivity contribution is 0.0516. The lowest BCUT2D eigenvalue weighted by Gasteiger charge is -2.10. The molecule has 0 radical (unpaired) electrons. The Kier molecular flexibility index (Phi) is 6.74. The van der Waals surface area contributed by atoms with Crippen LogP contribution >= 0.6 is 0 Å². The molecule has 2 aromatic carbocycles. The average Bonchev–Trinajstić information content (AvgIpc) is 3.09. The molecule has 0 aliphatic rings. The fourth-order valence-corrected chi connectivity index (χ4v) is 3.62. The second-order valence-corrected chi connectivity index (χ2v) is 6.87. The van der Waals surface area contributed by atoms with E-state index in [1.54, 1.807) is 36.7 Å². The van der Waals surface area contributed by atoms with E-state index in [4.69, 9.17) is 9.47 Å². The molecule has 6 nitrogen and oxygen atoms in total. The van der Waals surface area contributed by atoms with E-state index in [-0.39, 0.29) is 13.2 Å². The summed E-state index contributed by atoms with van der Waals surface area (Å²) in [6.07, 6.45) is 0.616. The molecule has 156 valence electrons. The van der Waals surface area contributed by atoms with Gasteiger partial charge in [0, 0.05) is 23.9 Å². The largest absolute Gasteiger partial charge is 0.489 e. The molecule has 0 fully saturated rings. The molecule has 3 rings (SSSR count). The summed E-state index contributed by atoms with van der Waals surface area (Å²) in [6.45, 7) is 4.23. The number of rotatable bonds is 7. The summed E-state index contributed by atoms with van der Waals surface area (Å²) in [5.41, 5.74) is 4.32. The Morgan fingerprint density at radius 2 is 1.74 bits per heavy atom. The van der Waals surface area contributed by atoms with Crippen LogP contribution in [-0.2, 0) is 24.8 Å². The molecule has 0 saturated heterocycles. The molecule has 0 bridgehead atoms. The quantitative estimate of drug-likeness (QED) is 0.522. The second-order valence-electron chi connectivity index (χ2n) is 6.87. The van der Waals surface area contributed by atoms with Gasteiger partial charge in [0.25, 0.3) is 0 Å². The number of hydrogen-bond acceptors (Lipinski definition) is 5. The van der Waals surface area contributed by atoms with Crippen molar-refractivity contribution in [2.24, 2.45) is 7.05 Å². The maximum Gasteiger partial charge on any atom is 0.355 e. The first-order valence-electron chi connectivity index (χ1n) is 10.1. The minimum Gasteiger partial charge on any atom is -0.489 e. The first-order valence-corrected chi connectivity index (χ1v) is 10.1. The molecular weight excluding hydrogens is 390 g/mol. The molecular formula is C25H23N3O3. The lowest BCUT2D eigenvalue weighted by atomic mass is 10.00. The zero-order valence-corrected chi connectivity index (χ0v) is 17.8. The van der Waals surface area contributed by atoms with Gasteiger partial charge in [-0.05, 0) is 37.1 Å². The van der Waals surface area contributed by atoms with E-state index in [1.165, 1.54) is 0 Å². The fraction of sp³-hybridized carbons (Fsp3) is 0.240. The van der Waals surface area contributed by atoms with E-state index in [2.05, 4.69) is 12.1 Å². The number of aromatic nitrogens is 1. The van der Waals surface area contributed by atoms with Gasteiger partial charge in [-0.25, -0.2) is 4.79 Å². The van der Waals surface area contributed by atoms with Crippen molar-refractivity contribution >= 4 is 5.97 Å². The Labute approximate surface area is 181 Å². The van der Waals surface area contributed by atoms with Gasteiger partial charge in [-0.15, -0.1) is 0 Å². The minimum atomic E-state index is -0.454. The molecule has 31 heavy (non-hydrogen) atoms. The van der Waals surface area contributed by atoms with Crippen LogP contribution in [0.3, 0.4) is 0 Å². The summed E-state index contributed by atoms with van der Waals surface area (Å²) in [7, 11) is 1.78. The van der Waals surface area contributed by atoms with Gasteiger partial charge in [-0.2, -0.15) is 10.5 Å². The highest BCUT2D eigenvalue weighted by Gasteiger charge is 2.26. The molecule has 0 saturated carbocycles. The maximum absolute atomic E-state index is 12.6. The Balaban J connectivity index is 1.94. The number of carbonyl (C=O) groups excluding carboxylic acids is 1. The van der Waals surface area contributed by atoms with E-state index < -0.39 is 5.97 Å². The average molecular weight is 413 g/mol. The third kappa shape index (κ3) is 4.29. The van der Waals surface area contributed by atoms with Crippen LogP contribution in [-0.4, -0.2) is 17.1 Å². The highest BCUT2D eigenvalue weighted by molar-refractivity contribution is 5.98. The van der Waals surface area contributed by atoms with E-state index in [0.29, 0.717) is 34.6 Å². The van der Waals surface area contributed by atoms with Crippen molar-refractivity contribution in [2.45, 2.75) is 26.9 Å². The Morgan fingerprint density at radius 1 is 1.03 bits per heavy atom. The van der Waals surface area contributed by atoms with Crippen molar-refractivity contribution in [2.75, 3.05) is 6.61 Å². The number of hydrogen-bond donors (Lipinski definition) is 0. The summed E-state index contributed by atoms with van der Waals surface area (Å²) in [5, 5.41) is 19.0. The zero-order chi connectivity index (χ0) is 22.4. The van der Waals surface area contributed by atoms with E-state index in [0.717, 1.165) is 16.8 Å². The van der Waals surface area contributed by atoms with Gasteiger partial charge in [-0.1, -0.05) is 37.3 Å². The molecule has 0 aliphatic carbocycles. The van der Waals surface area contributed by atoms with Gasteiger partial charge in [0.15, 0.2) is 0 Å². The predicted molar refractivity (Wildman–Crippen MR) is 116 cm³/mol. The minimum absolute atomic E-state index is 0.254. The Bertz CT molecular complexity index is 1180. The monoisotopic (exact) mass is 413 g/mol. The number of nitriles is 2. The fourth-order valence-electron chi connectivity index (χ4n) is 3.62. The van der Waals surface area contributed by atoms with Gasteiger partial charge in [-0.3, -0.25) is 0 Å². The number of benzene rings is 2. The van der Waals surface area contributed by atoms with Gasteiger partial charge in [0.2, 0.25) is 0 Å². The number of nitrogens with zero attached hydrogens (tertiary/aromatic N) is 3. The molecule has 0 atom stereocenters. The lowest BCUT2D eigenvalue weighted by Crippen LogP contribution is -2.12. The highest BCUT2D eigenvalue weighted by atomic mass is 16.5. The third-order valence-corrected chi connectivity index (χ3v) is 5.11.